The van der Waals surface area contributed by atoms with Crippen molar-refractivity contribution in [3.8, 4) is 0 Å². The summed E-state index contributed by atoms with van der Waals surface area (Å²) in [5.74, 6) is 0.842. The maximum atomic E-state index is 6.07. The van der Waals surface area contributed by atoms with Gasteiger partial charge in [-0.25, -0.2) is 0 Å². The van der Waals surface area contributed by atoms with Gasteiger partial charge in [0, 0.05) is 6.54 Å². The van der Waals surface area contributed by atoms with Gasteiger partial charge >= 0.3 is 0 Å². The Morgan fingerprint density at radius 1 is 1.16 bits per heavy atom. The van der Waals surface area contributed by atoms with Crippen molar-refractivity contribution in [3.05, 3.63) is 0 Å². The monoisotopic (exact) mass is 269 g/mol. The van der Waals surface area contributed by atoms with Crippen LogP contribution in [0.3, 0.4) is 0 Å². The van der Waals surface area contributed by atoms with Crippen LogP contribution >= 0.6 is 0 Å². The Labute approximate surface area is 118 Å². The van der Waals surface area contributed by atoms with Gasteiger partial charge in [-0.3, -0.25) is 0 Å². The summed E-state index contributed by atoms with van der Waals surface area (Å²) < 4.78 is 12.1. The zero-order valence-corrected chi connectivity index (χ0v) is 12.7. The molecule has 2 rings (SSSR count). The van der Waals surface area contributed by atoms with Gasteiger partial charge in [-0.2, -0.15) is 0 Å². The van der Waals surface area contributed by atoms with Crippen LogP contribution in [0.5, 0.6) is 0 Å². The third-order valence-electron chi connectivity index (χ3n) is 4.40. The molecule has 1 aliphatic heterocycles. The highest BCUT2D eigenvalue weighted by molar-refractivity contribution is 4.76. The lowest BCUT2D eigenvalue weighted by Gasteiger charge is -2.27. The fourth-order valence-corrected chi connectivity index (χ4v) is 3.27. The molecule has 0 aromatic rings. The van der Waals surface area contributed by atoms with Crippen molar-refractivity contribution in [2.45, 2.75) is 77.1 Å². The molecule has 0 radical (unpaired) electrons. The average molecular weight is 269 g/mol. The Kier molecular flexibility index (Phi) is 6.62. The van der Waals surface area contributed by atoms with Crippen LogP contribution in [0, 0.1) is 5.92 Å². The summed E-state index contributed by atoms with van der Waals surface area (Å²) in [7, 11) is 0. The fourth-order valence-electron chi connectivity index (χ4n) is 3.27. The van der Waals surface area contributed by atoms with Crippen LogP contribution in [0.25, 0.3) is 0 Å². The lowest BCUT2D eigenvalue weighted by molar-refractivity contribution is -0.0547. The van der Waals surface area contributed by atoms with E-state index in [9.17, 15) is 0 Å². The van der Waals surface area contributed by atoms with Gasteiger partial charge in [-0.05, 0) is 44.6 Å². The van der Waals surface area contributed by atoms with E-state index in [1.807, 2.05) is 0 Å². The summed E-state index contributed by atoms with van der Waals surface area (Å²) >= 11 is 0. The van der Waals surface area contributed by atoms with Gasteiger partial charge in [-0.15, -0.1) is 0 Å². The second-order valence-corrected chi connectivity index (χ2v) is 6.39. The van der Waals surface area contributed by atoms with Gasteiger partial charge in [0.1, 0.15) is 0 Å². The van der Waals surface area contributed by atoms with E-state index in [0.717, 1.165) is 25.6 Å². The Bertz CT molecular complexity index is 247. The molecule has 19 heavy (non-hydrogen) atoms. The Balaban J connectivity index is 1.57. The van der Waals surface area contributed by atoms with E-state index < -0.39 is 0 Å². The first-order valence-electron chi connectivity index (χ1n) is 8.25. The summed E-state index contributed by atoms with van der Waals surface area (Å²) in [4.78, 5) is 0. The molecule has 2 aliphatic rings. The zero-order chi connectivity index (χ0) is 13.5. The second-order valence-electron chi connectivity index (χ2n) is 6.39. The van der Waals surface area contributed by atoms with Crippen LogP contribution in [0.4, 0.5) is 0 Å². The van der Waals surface area contributed by atoms with Crippen LogP contribution in [0.1, 0.15) is 58.8 Å². The van der Waals surface area contributed by atoms with Gasteiger partial charge in [0.2, 0.25) is 0 Å². The van der Waals surface area contributed by atoms with Crippen molar-refractivity contribution in [1.82, 2.24) is 5.32 Å². The second kappa shape index (κ2) is 8.23. The molecule has 1 saturated carbocycles. The number of hydrogen-bond acceptors (Lipinski definition) is 3. The molecule has 4 unspecified atom stereocenters. The van der Waals surface area contributed by atoms with Crippen molar-refractivity contribution in [1.29, 1.82) is 0 Å². The zero-order valence-electron chi connectivity index (χ0n) is 12.7. The standard InChI is InChI=1S/C16H31NO2/c1-3-9-17-11-15-7-8-16(19-15)12-18-14-6-4-5-13(2)10-14/h13-17H,3-12H2,1-2H3. The third-order valence-corrected chi connectivity index (χ3v) is 4.40. The maximum Gasteiger partial charge on any atom is 0.0814 e. The van der Waals surface area contributed by atoms with Crippen LogP contribution in [0.15, 0.2) is 0 Å². The molecule has 2 fully saturated rings. The van der Waals surface area contributed by atoms with E-state index in [1.165, 1.54) is 44.9 Å². The van der Waals surface area contributed by atoms with Crippen molar-refractivity contribution in [2.75, 3.05) is 19.7 Å². The number of hydrogen-bond donors (Lipinski definition) is 1. The van der Waals surface area contributed by atoms with Gasteiger partial charge < -0.3 is 14.8 Å². The SMILES string of the molecule is CCCNCC1CCC(COC2CCCC(C)C2)O1. The summed E-state index contributed by atoms with van der Waals surface area (Å²) in [5.41, 5.74) is 0. The van der Waals surface area contributed by atoms with E-state index in [2.05, 4.69) is 19.2 Å². The van der Waals surface area contributed by atoms with Crippen LogP contribution in [0.2, 0.25) is 0 Å². The van der Waals surface area contributed by atoms with E-state index in [4.69, 9.17) is 9.47 Å². The molecule has 4 atom stereocenters. The molecule has 0 bridgehead atoms. The van der Waals surface area contributed by atoms with E-state index in [0.29, 0.717) is 18.3 Å². The summed E-state index contributed by atoms with van der Waals surface area (Å²) in [6.07, 6.45) is 9.99. The third kappa shape index (κ3) is 5.41. The van der Waals surface area contributed by atoms with Crippen molar-refractivity contribution < 1.29 is 9.47 Å². The summed E-state index contributed by atoms with van der Waals surface area (Å²) in [6, 6.07) is 0. The topological polar surface area (TPSA) is 30.5 Å². The van der Waals surface area contributed by atoms with E-state index in [-0.39, 0.29) is 0 Å². The first-order chi connectivity index (χ1) is 9.28. The van der Waals surface area contributed by atoms with Crippen LogP contribution in [-0.2, 0) is 9.47 Å². The molecule has 3 nitrogen and oxygen atoms in total. The highest BCUT2D eigenvalue weighted by Gasteiger charge is 2.27. The molecule has 1 aliphatic carbocycles. The molecule has 0 amide bonds. The lowest BCUT2D eigenvalue weighted by atomic mass is 9.89. The van der Waals surface area contributed by atoms with Gasteiger partial charge in [-0.1, -0.05) is 26.7 Å². The smallest absolute Gasteiger partial charge is 0.0814 e. The van der Waals surface area contributed by atoms with Crippen molar-refractivity contribution >= 4 is 0 Å². The van der Waals surface area contributed by atoms with Crippen LogP contribution in [-0.4, -0.2) is 38.0 Å². The summed E-state index contributed by atoms with van der Waals surface area (Å²) in [6.45, 7) is 7.45. The first kappa shape index (κ1) is 15.3. The van der Waals surface area contributed by atoms with Gasteiger partial charge in [0.25, 0.3) is 0 Å². The number of nitrogens with one attached hydrogen (secondary N) is 1. The molecule has 0 aromatic heterocycles. The normalized spacial score (nSPS) is 35.7. The van der Waals surface area contributed by atoms with Crippen LogP contribution < -0.4 is 5.32 Å². The molecule has 1 N–H and O–H groups in total. The number of ether oxygens (including phenoxy) is 2. The maximum absolute atomic E-state index is 6.07. The minimum atomic E-state index is 0.339. The molecule has 1 heterocycles. The summed E-state index contributed by atoms with van der Waals surface area (Å²) in [5, 5.41) is 3.44. The minimum Gasteiger partial charge on any atom is -0.376 e. The highest BCUT2D eigenvalue weighted by atomic mass is 16.5. The predicted octanol–water partition coefficient (Wildman–Crippen LogP) is 3.13. The molecule has 0 aromatic carbocycles. The fraction of sp³-hybridized carbons (Fsp3) is 1.00. The molecule has 3 heteroatoms. The Morgan fingerprint density at radius 2 is 2.00 bits per heavy atom. The molecule has 1 saturated heterocycles. The molecular weight excluding hydrogens is 238 g/mol. The Hall–Kier alpha value is -0.120. The highest BCUT2D eigenvalue weighted by Crippen LogP contribution is 2.27. The van der Waals surface area contributed by atoms with Crippen molar-refractivity contribution in [3.63, 3.8) is 0 Å². The van der Waals surface area contributed by atoms with Gasteiger partial charge in [0.15, 0.2) is 0 Å². The minimum absolute atomic E-state index is 0.339. The molecular formula is C16H31NO2. The average Bonchev–Trinajstić information content (AvgIpc) is 2.85. The van der Waals surface area contributed by atoms with E-state index >= 15 is 0 Å². The van der Waals surface area contributed by atoms with Crippen molar-refractivity contribution in [2.24, 2.45) is 5.92 Å². The van der Waals surface area contributed by atoms with E-state index in [1.54, 1.807) is 0 Å². The lowest BCUT2D eigenvalue weighted by Crippen LogP contribution is -2.29. The van der Waals surface area contributed by atoms with Gasteiger partial charge in [0.05, 0.1) is 24.9 Å². The predicted molar refractivity (Wildman–Crippen MR) is 78.4 cm³/mol. The molecule has 0 spiro atoms. The quantitative estimate of drug-likeness (QED) is 0.720. The first-order valence-corrected chi connectivity index (χ1v) is 8.25. The Morgan fingerprint density at radius 3 is 2.79 bits per heavy atom. The largest absolute Gasteiger partial charge is 0.376 e. The number of rotatable bonds is 7. The molecule has 112 valence electrons.